The number of nitrogens with one attached hydrogen (secondary N) is 1. The number of aromatic nitrogens is 2. The van der Waals surface area contributed by atoms with E-state index in [0.29, 0.717) is 12.0 Å². The van der Waals surface area contributed by atoms with E-state index < -0.39 is 0 Å². The predicted molar refractivity (Wildman–Crippen MR) is 88.7 cm³/mol. The maximum atomic E-state index is 5.52. The SMILES string of the molecule is CCc1cc2c(N3CCSCC3C)nc(NN)nc2s1. The summed E-state index contributed by atoms with van der Waals surface area (Å²) in [5.41, 5.74) is 2.59. The molecule has 5 nitrogen and oxygen atoms in total. The largest absolute Gasteiger partial charge is 0.352 e. The highest BCUT2D eigenvalue weighted by Gasteiger charge is 2.23. The number of nitrogen functional groups attached to an aromatic ring is 1. The van der Waals surface area contributed by atoms with E-state index in [4.69, 9.17) is 5.84 Å². The minimum absolute atomic E-state index is 0.488. The number of anilines is 2. The molecule has 20 heavy (non-hydrogen) atoms. The molecule has 0 radical (unpaired) electrons. The zero-order valence-electron chi connectivity index (χ0n) is 11.7. The van der Waals surface area contributed by atoms with Gasteiger partial charge in [0.1, 0.15) is 10.6 Å². The lowest BCUT2D eigenvalue weighted by Crippen LogP contribution is -2.41. The summed E-state index contributed by atoms with van der Waals surface area (Å²) in [6.45, 7) is 5.45. The quantitative estimate of drug-likeness (QED) is 0.671. The average molecular weight is 309 g/mol. The van der Waals surface area contributed by atoms with Gasteiger partial charge >= 0.3 is 0 Å². The monoisotopic (exact) mass is 309 g/mol. The molecule has 0 aromatic carbocycles. The first-order valence-electron chi connectivity index (χ1n) is 6.84. The molecule has 2 aromatic rings. The summed E-state index contributed by atoms with van der Waals surface area (Å²) in [6.07, 6.45) is 1.03. The highest BCUT2D eigenvalue weighted by Crippen LogP contribution is 2.34. The average Bonchev–Trinajstić information content (AvgIpc) is 2.90. The summed E-state index contributed by atoms with van der Waals surface area (Å²) in [5.74, 6) is 9.33. The molecule has 7 heteroatoms. The Morgan fingerprint density at radius 3 is 3.05 bits per heavy atom. The minimum atomic E-state index is 0.488. The van der Waals surface area contributed by atoms with E-state index in [0.717, 1.165) is 40.5 Å². The Bertz CT molecular complexity index is 612. The van der Waals surface area contributed by atoms with Crippen molar-refractivity contribution in [1.82, 2.24) is 9.97 Å². The molecule has 1 unspecified atom stereocenters. The van der Waals surface area contributed by atoms with Crippen LogP contribution in [0.1, 0.15) is 18.7 Å². The van der Waals surface area contributed by atoms with Gasteiger partial charge in [0.2, 0.25) is 5.95 Å². The first kappa shape index (κ1) is 13.9. The van der Waals surface area contributed by atoms with Gasteiger partial charge in [0.05, 0.1) is 5.39 Å². The van der Waals surface area contributed by atoms with Gasteiger partial charge in [-0.15, -0.1) is 11.3 Å². The number of rotatable bonds is 3. The molecule has 108 valence electrons. The van der Waals surface area contributed by atoms with Gasteiger partial charge in [-0.25, -0.2) is 10.8 Å². The Kier molecular flexibility index (Phi) is 4.00. The topological polar surface area (TPSA) is 67.1 Å². The summed E-state index contributed by atoms with van der Waals surface area (Å²) in [5, 5.41) is 1.16. The van der Waals surface area contributed by atoms with E-state index in [1.807, 2.05) is 11.8 Å². The van der Waals surface area contributed by atoms with Crippen LogP contribution >= 0.6 is 23.1 Å². The van der Waals surface area contributed by atoms with E-state index in [1.165, 1.54) is 4.88 Å². The van der Waals surface area contributed by atoms with E-state index in [1.54, 1.807) is 11.3 Å². The van der Waals surface area contributed by atoms with Crippen LogP contribution in [0.3, 0.4) is 0 Å². The van der Waals surface area contributed by atoms with E-state index in [9.17, 15) is 0 Å². The molecule has 0 aliphatic carbocycles. The Labute approximate surface area is 126 Å². The summed E-state index contributed by atoms with van der Waals surface area (Å²) >= 11 is 3.73. The van der Waals surface area contributed by atoms with Crippen molar-refractivity contribution in [2.75, 3.05) is 28.4 Å². The van der Waals surface area contributed by atoms with Gasteiger partial charge in [-0.05, 0) is 19.4 Å². The van der Waals surface area contributed by atoms with Crippen LogP contribution in [-0.4, -0.2) is 34.1 Å². The lowest BCUT2D eigenvalue weighted by Gasteiger charge is -2.34. The fourth-order valence-electron chi connectivity index (χ4n) is 2.46. The van der Waals surface area contributed by atoms with Gasteiger partial charge in [-0.3, -0.25) is 5.43 Å². The molecule has 0 saturated carbocycles. The van der Waals surface area contributed by atoms with Crippen molar-refractivity contribution in [3.8, 4) is 0 Å². The van der Waals surface area contributed by atoms with Gasteiger partial charge in [0.25, 0.3) is 0 Å². The number of fused-ring (bicyclic) bond motifs is 1. The molecule has 0 amide bonds. The molecule has 3 heterocycles. The van der Waals surface area contributed by atoms with Crippen LogP contribution in [0.5, 0.6) is 0 Å². The summed E-state index contributed by atoms with van der Waals surface area (Å²) < 4.78 is 0. The zero-order chi connectivity index (χ0) is 14.1. The van der Waals surface area contributed by atoms with Crippen molar-refractivity contribution in [3.05, 3.63) is 10.9 Å². The fourth-order valence-corrected chi connectivity index (χ4v) is 4.43. The molecular formula is C13H19N5S2. The van der Waals surface area contributed by atoms with Crippen molar-refractivity contribution < 1.29 is 0 Å². The molecule has 1 fully saturated rings. The number of thioether (sulfide) groups is 1. The van der Waals surface area contributed by atoms with Crippen LogP contribution in [-0.2, 0) is 6.42 Å². The van der Waals surface area contributed by atoms with E-state index in [-0.39, 0.29) is 0 Å². The Morgan fingerprint density at radius 1 is 1.50 bits per heavy atom. The van der Waals surface area contributed by atoms with Crippen LogP contribution < -0.4 is 16.2 Å². The first-order valence-corrected chi connectivity index (χ1v) is 8.81. The summed E-state index contributed by atoms with van der Waals surface area (Å²) in [7, 11) is 0. The van der Waals surface area contributed by atoms with Crippen molar-refractivity contribution >= 4 is 45.1 Å². The Morgan fingerprint density at radius 2 is 2.35 bits per heavy atom. The lowest BCUT2D eigenvalue weighted by molar-refractivity contribution is 0.692. The van der Waals surface area contributed by atoms with Crippen LogP contribution in [0.15, 0.2) is 6.07 Å². The van der Waals surface area contributed by atoms with Crippen LogP contribution in [0.25, 0.3) is 10.2 Å². The smallest absolute Gasteiger partial charge is 0.240 e. The summed E-state index contributed by atoms with van der Waals surface area (Å²) in [6, 6.07) is 2.71. The Hall–Kier alpha value is -1.05. The third kappa shape index (κ3) is 2.45. The van der Waals surface area contributed by atoms with Gasteiger partial charge in [0, 0.05) is 29.0 Å². The van der Waals surface area contributed by atoms with Crippen molar-refractivity contribution in [2.24, 2.45) is 5.84 Å². The molecular weight excluding hydrogens is 290 g/mol. The van der Waals surface area contributed by atoms with Gasteiger partial charge in [0.15, 0.2) is 0 Å². The third-order valence-electron chi connectivity index (χ3n) is 3.54. The number of nitrogens with zero attached hydrogens (tertiary/aromatic N) is 3. The maximum Gasteiger partial charge on any atom is 0.240 e. The number of hydrogen-bond donors (Lipinski definition) is 2. The number of hydrogen-bond acceptors (Lipinski definition) is 7. The molecule has 3 rings (SSSR count). The second kappa shape index (κ2) is 5.75. The zero-order valence-corrected chi connectivity index (χ0v) is 13.4. The molecule has 1 atom stereocenters. The maximum absolute atomic E-state index is 5.52. The fraction of sp³-hybridized carbons (Fsp3) is 0.538. The van der Waals surface area contributed by atoms with Crippen LogP contribution in [0.2, 0.25) is 0 Å². The van der Waals surface area contributed by atoms with Crippen LogP contribution in [0, 0.1) is 0 Å². The third-order valence-corrected chi connectivity index (χ3v) is 5.90. The van der Waals surface area contributed by atoms with Crippen molar-refractivity contribution in [3.63, 3.8) is 0 Å². The molecule has 3 N–H and O–H groups in total. The second-order valence-corrected chi connectivity index (χ2v) is 7.18. The van der Waals surface area contributed by atoms with Crippen molar-refractivity contribution in [2.45, 2.75) is 26.3 Å². The van der Waals surface area contributed by atoms with Crippen molar-refractivity contribution in [1.29, 1.82) is 0 Å². The summed E-state index contributed by atoms with van der Waals surface area (Å²) in [4.78, 5) is 13.8. The second-order valence-electron chi connectivity index (χ2n) is 4.92. The highest BCUT2D eigenvalue weighted by molar-refractivity contribution is 7.99. The molecule has 1 aliphatic heterocycles. The molecule has 0 spiro atoms. The molecule has 1 aliphatic rings. The van der Waals surface area contributed by atoms with Crippen LogP contribution in [0.4, 0.5) is 11.8 Å². The first-order chi connectivity index (χ1) is 9.72. The van der Waals surface area contributed by atoms with E-state index >= 15 is 0 Å². The predicted octanol–water partition coefficient (Wildman–Crippen LogP) is 2.48. The lowest BCUT2D eigenvalue weighted by atomic mass is 10.2. The minimum Gasteiger partial charge on any atom is -0.352 e. The molecule has 2 aromatic heterocycles. The number of nitrogens with two attached hydrogens (primary N) is 1. The number of aryl methyl sites for hydroxylation is 1. The standard InChI is InChI=1S/C13H19N5S2/c1-3-9-6-10-11(18-4-5-19-7-8(18)2)15-13(17-14)16-12(10)20-9/h6,8H,3-5,7,14H2,1-2H3,(H,15,16,17). The van der Waals surface area contributed by atoms with Gasteiger partial charge in [-0.2, -0.15) is 16.7 Å². The van der Waals surface area contributed by atoms with E-state index in [2.05, 4.69) is 40.2 Å². The van der Waals surface area contributed by atoms with Gasteiger partial charge < -0.3 is 4.90 Å². The Balaban J connectivity index is 2.13. The highest BCUT2D eigenvalue weighted by atomic mass is 32.2. The number of hydrazine groups is 1. The molecule has 0 bridgehead atoms. The normalized spacial score (nSPS) is 19.6. The van der Waals surface area contributed by atoms with Gasteiger partial charge in [-0.1, -0.05) is 6.92 Å². The number of thiophene rings is 1. The molecule has 1 saturated heterocycles.